The van der Waals surface area contributed by atoms with Gasteiger partial charge in [0.2, 0.25) is 0 Å². The molecule has 0 aliphatic heterocycles. The van der Waals surface area contributed by atoms with E-state index in [1.807, 2.05) is 12.1 Å². The number of hydrogen-bond acceptors (Lipinski definition) is 2. The summed E-state index contributed by atoms with van der Waals surface area (Å²) in [6.45, 7) is 7.40. The van der Waals surface area contributed by atoms with Crippen LogP contribution in [0.4, 0.5) is 4.39 Å². The molecular formula is C16H26FNO. The highest BCUT2D eigenvalue weighted by atomic mass is 19.1. The Kier molecular flexibility index (Phi) is 6.85. The van der Waals surface area contributed by atoms with Crippen LogP contribution in [0.3, 0.4) is 0 Å². The van der Waals surface area contributed by atoms with E-state index in [2.05, 4.69) is 26.1 Å². The van der Waals surface area contributed by atoms with Crippen LogP contribution in [0.1, 0.15) is 51.6 Å². The second kappa shape index (κ2) is 8.16. The Morgan fingerprint density at radius 1 is 1.32 bits per heavy atom. The van der Waals surface area contributed by atoms with Crippen LogP contribution in [-0.2, 0) is 0 Å². The summed E-state index contributed by atoms with van der Waals surface area (Å²) in [4.78, 5) is 0. The van der Waals surface area contributed by atoms with Crippen LogP contribution in [0.25, 0.3) is 0 Å². The second-order valence-electron chi connectivity index (χ2n) is 5.12. The Morgan fingerprint density at radius 2 is 2.05 bits per heavy atom. The standard InChI is InChI=1S/C16H26FNO/c1-5-10-18-14(11-12(3)6-2)13-8-7-9-15(19-4)16(13)17/h7-9,12,14,18H,5-6,10-11H2,1-4H3. The maximum Gasteiger partial charge on any atom is 0.169 e. The first-order valence-corrected chi connectivity index (χ1v) is 7.19. The molecule has 0 spiro atoms. The van der Waals surface area contributed by atoms with Crippen LogP contribution in [-0.4, -0.2) is 13.7 Å². The van der Waals surface area contributed by atoms with Crippen molar-refractivity contribution in [1.29, 1.82) is 0 Å². The normalized spacial score (nSPS) is 14.2. The maximum absolute atomic E-state index is 14.3. The van der Waals surface area contributed by atoms with Crippen LogP contribution < -0.4 is 10.1 Å². The van der Waals surface area contributed by atoms with Crippen LogP contribution in [0.15, 0.2) is 18.2 Å². The molecule has 0 heterocycles. The maximum atomic E-state index is 14.3. The molecule has 1 N–H and O–H groups in total. The topological polar surface area (TPSA) is 21.3 Å². The molecule has 0 saturated carbocycles. The third kappa shape index (κ3) is 4.50. The van der Waals surface area contributed by atoms with E-state index in [0.29, 0.717) is 17.2 Å². The smallest absolute Gasteiger partial charge is 0.169 e. The zero-order valence-electron chi connectivity index (χ0n) is 12.5. The van der Waals surface area contributed by atoms with Gasteiger partial charge in [-0.1, -0.05) is 39.3 Å². The van der Waals surface area contributed by atoms with Crippen molar-refractivity contribution in [3.05, 3.63) is 29.6 Å². The predicted octanol–water partition coefficient (Wildman–Crippen LogP) is 4.31. The second-order valence-corrected chi connectivity index (χ2v) is 5.12. The van der Waals surface area contributed by atoms with Crippen molar-refractivity contribution in [3.8, 4) is 5.75 Å². The lowest BCUT2D eigenvalue weighted by Crippen LogP contribution is -2.25. The van der Waals surface area contributed by atoms with E-state index in [1.165, 1.54) is 7.11 Å². The molecular weight excluding hydrogens is 241 g/mol. The Morgan fingerprint density at radius 3 is 2.63 bits per heavy atom. The zero-order chi connectivity index (χ0) is 14.3. The van der Waals surface area contributed by atoms with Crippen LogP contribution in [0.2, 0.25) is 0 Å². The largest absolute Gasteiger partial charge is 0.494 e. The molecule has 2 atom stereocenters. The molecule has 3 heteroatoms. The Hall–Kier alpha value is -1.09. The van der Waals surface area contributed by atoms with Gasteiger partial charge in [0, 0.05) is 11.6 Å². The molecule has 1 rings (SSSR count). The minimum Gasteiger partial charge on any atom is -0.494 e. The molecule has 0 radical (unpaired) electrons. The zero-order valence-corrected chi connectivity index (χ0v) is 12.5. The lowest BCUT2D eigenvalue weighted by molar-refractivity contribution is 0.364. The SMILES string of the molecule is CCCNC(CC(C)CC)c1cccc(OC)c1F. The molecule has 0 aliphatic carbocycles. The van der Waals surface area contributed by atoms with Crippen molar-refractivity contribution < 1.29 is 9.13 Å². The van der Waals surface area contributed by atoms with Crippen molar-refractivity contribution in [2.24, 2.45) is 5.92 Å². The molecule has 1 aromatic carbocycles. The fraction of sp³-hybridized carbons (Fsp3) is 0.625. The fourth-order valence-corrected chi connectivity index (χ4v) is 2.16. The number of benzene rings is 1. The lowest BCUT2D eigenvalue weighted by Gasteiger charge is -2.23. The third-order valence-corrected chi connectivity index (χ3v) is 3.56. The van der Waals surface area contributed by atoms with E-state index < -0.39 is 0 Å². The Labute approximate surface area is 116 Å². The van der Waals surface area contributed by atoms with Gasteiger partial charge in [-0.05, 0) is 31.4 Å². The fourth-order valence-electron chi connectivity index (χ4n) is 2.16. The minimum absolute atomic E-state index is 0.0602. The van der Waals surface area contributed by atoms with Crippen LogP contribution in [0, 0.1) is 11.7 Å². The summed E-state index contributed by atoms with van der Waals surface area (Å²) in [7, 11) is 1.51. The number of hydrogen-bond donors (Lipinski definition) is 1. The number of ether oxygens (including phenoxy) is 1. The summed E-state index contributed by atoms with van der Waals surface area (Å²) in [6.07, 6.45) is 3.10. The summed E-state index contributed by atoms with van der Waals surface area (Å²) in [5.74, 6) is 0.659. The van der Waals surface area contributed by atoms with E-state index in [-0.39, 0.29) is 11.9 Å². The Bertz CT molecular complexity index is 381. The first-order chi connectivity index (χ1) is 9.13. The number of halogens is 1. The summed E-state index contributed by atoms with van der Waals surface area (Å²) in [5, 5.41) is 3.45. The molecule has 2 unspecified atom stereocenters. The van der Waals surface area contributed by atoms with Gasteiger partial charge in [-0.2, -0.15) is 0 Å². The molecule has 2 nitrogen and oxygen atoms in total. The van der Waals surface area contributed by atoms with E-state index >= 15 is 0 Å². The molecule has 108 valence electrons. The summed E-state index contributed by atoms with van der Waals surface area (Å²) < 4.78 is 19.4. The van der Waals surface area contributed by atoms with Crippen molar-refractivity contribution in [3.63, 3.8) is 0 Å². The van der Waals surface area contributed by atoms with E-state index in [9.17, 15) is 4.39 Å². The van der Waals surface area contributed by atoms with Gasteiger partial charge in [0.25, 0.3) is 0 Å². The van der Waals surface area contributed by atoms with Gasteiger partial charge >= 0.3 is 0 Å². The summed E-state index contributed by atoms with van der Waals surface area (Å²) in [6, 6.07) is 5.44. The van der Waals surface area contributed by atoms with Gasteiger partial charge in [-0.3, -0.25) is 0 Å². The highest BCUT2D eigenvalue weighted by molar-refractivity contribution is 5.33. The van der Waals surface area contributed by atoms with E-state index in [1.54, 1.807) is 6.07 Å². The average Bonchev–Trinajstić information content (AvgIpc) is 2.43. The van der Waals surface area contributed by atoms with Crippen molar-refractivity contribution >= 4 is 0 Å². The van der Waals surface area contributed by atoms with E-state index in [4.69, 9.17) is 4.74 Å². The predicted molar refractivity (Wildman–Crippen MR) is 78.1 cm³/mol. The van der Waals surface area contributed by atoms with Crippen molar-refractivity contribution in [1.82, 2.24) is 5.32 Å². The average molecular weight is 267 g/mol. The number of rotatable bonds is 8. The van der Waals surface area contributed by atoms with Gasteiger partial charge < -0.3 is 10.1 Å². The number of nitrogens with one attached hydrogen (secondary N) is 1. The molecule has 0 aliphatic rings. The highest BCUT2D eigenvalue weighted by Crippen LogP contribution is 2.29. The van der Waals surface area contributed by atoms with Gasteiger partial charge in [-0.25, -0.2) is 4.39 Å². The molecule has 0 bridgehead atoms. The molecule has 0 saturated heterocycles. The Balaban J connectivity index is 2.95. The minimum atomic E-state index is -0.234. The van der Waals surface area contributed by atoms with Gasteiger partial charge in [0.15, 0.2) is 11.6 Å². The third-order valence-electron chi connectivity index (χ3n) is 3.56. The van der Waals surface area contributed by atoms with Gasteiger partial charge in [-0.15, -0.1) is 0 Å². The summed E-state index contributed by atoms with van der Waals surface area (Å²) >= 11 is 0. The number of methoxy groups -OCH3 is 1. The van der Waals surface area contributed by atoms with Crippen LogP contribution >= 0.6 is 0 Å². The molecule has 0 aromatic heterocycles. The van der Waals surface area contributed by atoms with Crippen molar-refractivity contribution in [2.45, 2.75) is 46.1 Å². The van der Waals surface area contributed by atoms with E-state index in [0.717, 1.165) is 25.8 Å². The molecule has 0 fully saturated rings. The first-order valence-electron chi connectivity index (χ1n) is 7.19. The molecule has 0 amide bonds. The highest BCUT2D eigenvalue weighted by Gasteiger charge is 2.19. The van der Waals surface area contributed by atoms with Gasteiger partial charge in [0.1, 0.15) is 0 Å². The van der Waals surface area contributed by atoms with Gasteiger partial charge in [0.05, 0.1) is 7.11 Å². The lowest BCUT2D eigenvalue weighted by atomic mass is 9.93. The monoisotopic (exact) mass is 267 g/mol. The quantitative estimate of drug-likeness (QED) is 0.757. The first kappa shape index (κ1) is 16.0. The molecule has 19 heavy (non-hydrogen) atoms. The molecule has 1 aromatic rings. The van der Waals surface area contributed by atoms with Crippen molar-refractivity contribution in [2.75, 3.05) is 13.7 Å². The summed E-state index contributed by atoms with van der Waals surface area (Å²) in [5.41, 5.74) is 0.716. The van der Waals surface area contributed by atoms with Crippen LogP contribution in [0.5, 0.6) is 5.75 Å².